The van der Waals surface area contributed by atoms with Gasteiger partial charge in [0.05, 0.1) is 11.9 Å². The molecule has 0 aromatic carbocycles. The number of pyridine rings is 1. The molecule has 1 fully saturated rings. The van der Waals surface area contributed by atoms with E-state index in [1.165, 1.54) is 4.31 Å². The normalized spacial score (nSPS) is 16.0. The van der Waals surface area contributed by atoms with E-state index in [1.54, 1.807) is 26.2 Å². The molecule has 3 aromatic heterocycles. The topological polar surface area (TPSA) is 114 Å². The van der Waals surface area contributed by atoms with Gasteiger partial charge in [-0.3, -0.25) is 4.98 Å². The number of nitrogens with zero attached hydrogens (tertiary/aromatic N) is 5. The second-order valence-corrected chi connectivity index (χ2v) is 9.32. The zero-order chi connectivity index (χ0) is 21.3. The molecule has 4 rings (SSSR count). The van der Waals surface area contributed by atoms with E-state index < -0.39 is 10.0 Å². The minimum Gasteiger partial charge on any atom is -0.360 e. The van der Waals surface area contributed by atoms with Gasteiger partial charge in [-0.05, 0) is 45.7 Å². The highest BCUT2D eigenvalue weighted by Crippen LogP contribution is 2.31. The van der Waals surface area contributed by atoms with Crippen molar-refractivity contribution in [3.05, 3.63) is 53.4 Å². The zero-order valence-corrected chi connectivity index (χ0v) is 18.0. The van der Waals surface area contributed by atoms with Gasteiger partial charge in [0.15, 0.2) is 5.76 Å². The molecule has 9 nitrogen and oxygen atoms in total. The van der Waals surface area contributed by atoms with Gasteiger partial charge in [0.1, 0.15) is 22.2 Å². The summed E-state index contributed by atoms with van der Waals surface area (Å²) in [7, 11) is -3.62. The molecule has 0 spiro atoms. The van der Waals surface area contributed by atoms with Gasteiger partial charge < -0.3 is 9.84 Å². The smallest absolute Gasteiger partial charge is 0.248 e. The maximum absolute atomic E-state index is 13.0. The number of piperidine rings is 1. The van der Waals surface area contributed by atoms with Crippen LogP contribution in [0.4, 0.5) is 11.6 Å². The third-order valence-corrected chi connectivity index (χ3v) is 7.38. The molecule has 158 valence electrons. The summed E-state index contributed by atoms with van der Waals surface area (Å²) in [6.07, 6.45) is 4.75. The molecule has 0 amide bonds. The Morgan fingerprint density at radius 1 is 1.07 bits per heavy atom. The van der Waals surface area contributed by atoms with E-state index in [4.69, 9.17) is 4.52 Å². The summed E-state index contributed by atoms with van der Waals surface area (Å²) in [6, 6.07) is 5.73. The summed E-state index contributed by atoms with van der Waals surface area (Å²) in [6.45, 7) is 6.02. The molecule has 0 aliphatic carbocycles. The van der Waals surface area contributed by atoms with E-state index in [1.807, 2.05) is 25.1 Å². The number of aromatic nitrogens is 4. The molecular formula is C20H24N6O3S. The highest BCUT2D eigenvalue weighted by molar-refractivity contribution is 7.89. The summed E-state index contributed by atoms with van der Waals surface area (Å²) in [5.74, 6) is 1.79. The van der Waals surface area contributed by atoms with Crippen molar-refractivity contribution in [1.29, 1.82) is 0 Å². The van der Waals surface area contributed by atoms with Crippen molar-refractivity contribution in [2.24, 2.45) is 0 Å². The molecular weight excluding hydrogens is 404 g/mol. The third kappa shape index (κ3) is 4.05. The predicted molar refractivity (Wildman–Crippen MR) is 111 cm³/mol. The molecule has 0 unspecified atom stereocenters. The van der Waals surface area contributed by atoms with Crippen LogP contribution in [0.5, 0.6) is 0 Å². The lowest BCUT2D eigenvalue weighted by Gasteiger charge is -2.30. The average Bonchev–Trinajstić information content (AvgIpc) is 3.07. The Kier molecular flexibility index (Phi) is 5.52. The van der Waals surface area contributed by atoms with E-state index in [0.717, 1.165) is 11.4 Å². The van der Waals surface area contributed by atoms with E-state index in [-0.39, 0.29) is 10.8 Å². The van der Waals surface area contributed by atoms with Gasteiger partial charge in [-0.1, -0.05) is 11.2 Å². The summed E-state index contributed by atoms with van der Waals surface area (Å²) >= 11 is 0. The number of aryl methyl sites for hydroxylation is 3. The Bertz CT molecular complexity index is 1130. The number of sulfonamides is 1. The summed E-state index contributed by atoms with van der Waals surface area (Å²) < 4.78 is 32.5. The molecule has 10 heteroatoms. The van der Waals surface area contributed by atoms with Gasteiger partial charge >= 0.3 is 0 Å². The van der Waals surface area contributed by atoms with Crippen LogP contribution in [0.25, 0.3) is 0 Å². The predicted octanol–water partition coefficient (Wildman–Crippen LogP) is 3.10. The summed E-state index contributed by atoms with van der Waals surface area (Å²) in [5, 5.41) is 6.96. The first-order valence-corrected chi connectivity index (χ1v) is 11.2. The average molecular weight is 429 g/mol. The number of nitrogens with one attached hydrogen (secondary N) is 1. The highest BCUT2D eigenvalue weighted by Gasteiger charge is 2.34. The molecule has 0 saturated carbocycles. The molecule has 1 aliphatic heterocycles. The van der Waals surface area contributed by atoms with Gasteiger partial charge in [-0.15, -0.1) is 0 Å². The van der Waals surface area contributed by atoms with Crippen molar-refractivity contribution in [2.75, 3.05) is 18.4 Å². The first-order chi connectivity index (χ1) is 14.3. The van der Waals surface area contributed by atoms with Crippen LogP contribution in [0.15, 0.2) is 40.0 Å². The number of anilines is 2. The molecule has 0 atom stereocenters. The van der Waals surface area contributed by atoms with Gasteiger partial charge in [0, 0.05) is 30.9 Å². The monoisotopic (exact) mass is 428 g/mol. The minimum atomic E-state index is -3.62. The molecule has 4 heterocycles. The lowest BCUT2D eigenvalue weighted by Crippen LogP contribution is -2.38. The first kappa shape index (κ1) is 20.4. The van der Waals surface area contributed by atoms with Gasteiger partial charge in [0.2, 0.25) is 10.0 Å². The van der Waals surface area contributed by atoms with Gasteiger partial charge in [-0.25, -0.2) is 18.4 Å². The van der Waals surface area contributed by atoms with Crippen molar-refractivity contribution in [1.82, 2.24) is 24.4 Å². The third-order valence-electron chi connectivity index (χ3n) is 5.24. The molecule has 1 saturated heterocycles. The van der Waals surface area contributed by atoms with E-state index in [0.29, 0.717) is 49.0 Å². The SMILES string of the molecule is Cc1cccc(Nc2cncc(C3CCN(S(=O)(=O)c4c(C)noc4C)CC3)n2)n1. The van der Waals surface area contributed by atoms with Crippen LogP contribution in [0.2, 0.25) is 0 Å². The molecule has 3 aromatic rings. The van der Waals surface area contributed by atoms with Gasteiger partial charge in [0.25, 0.3) is 0 Å². The molecule has 1 aliphatic rings. The Morgan fingerprint density at radius 2 is 1.83 bits per heavy atom. The van der Waals surface area contributed by atoms with Crippen molar-refractivity contribution < 1.29 is 12.9 Å². The lowest BCUT2D eigenvalue weighted by molar-refractivity contribution is 0.315. The van der Waals surface area contributed by atoms with E-state index in [9.17, 15) is 8.42 Å². The van der Waals surface area contributed by atoms with Crippen molar-refractivity contribution in [3.8, 4) is 0 Å². The number of hydrogen-bond donors (Lipinski definition) is 1. The standard InChI is InChI=1S/C20H24N6O3S/c1-13-5-4-6-18(22-13)24-19-12-21-11-17(23-19)16-7-9-26(10-8-16)30(27,28)20-14(2)25-29-15(20)3/h4-6,11-12,16H,7-10H2,1-3H3,(H,22,23,24). The van der Waals surface area contributed by atoms with Crippen LogP contribution in [-0.2, 0) is 10.0 Å². The summed E-state index contributed by atoms with van der Waals surface area (Å²) in [4.78, 5) is 13.6. The number of hydrogen-bond acceptors (Lipinski definition) is 8. The van der Waals surface area contributed by atoms with Crippen LogP contribution < -0.4 is 5.32 Å². The second kappa shape index (κ2) is 8.11. The fourth-order valence-corrected chi connectivity index (χ4v) is 5.51. The van der Waals surface area contributed by atoms with Crippen LogP contribution in [0.1, 0.15) is 41.6 Å². The van der Waals surface area contributed by atoms with E-state index >= 15 is 0 Å². The van der Waals surface area contributed by atoms with E-state index in [2.05, 4.69) is 25.4 Å². The Labute approximate surface area is 175 Å². The van der Waals surface area contributed by atoms with Crippen LogP contribution in [0.3, 0.4) is 0 Å². The lowest BCUT2D eigenvalue weighted by atomic mass is 9.95. The van der Waals surface area contributed by atoms with Crippen molar-refractivity contribution in [2.45, 2.75) is 44.4 Å². The highest BCUT2D eigenvalue weighted by atomic mass is 32.2. The fourth-order valence-electron chi connectivity index (χ4n) is 3.75. The minimum absolute atomic E-state index is 0.140. The van der Waals surface area contributed by atoms with Crippen LogP contribution in [0, 0.1) is 20.8 Å². The number of rotatable bonds is 5. The first-order valence-electron chi connectivity index (χ1n) is 9.80. The fraction of sp³-hybridized carbons (Fsp3) is 0.400. The maximum Gasteiger partial charge on any atom is 0.248 e. The molecule has 0 radical (unpaired) electrons. The van der Waals surface area contributed by atoms with Crippen LogP contribution >= 0.6 is 0 Å². The summed E-state index contributed by atoms with van der Waals surface area (Å²) in [5.41, 5.74) is 2.15. The Balaban J connectivity index is 1.46. The van der Waals surface area contributed by atoms with Crippen LogP contribution in [-0.4, -0.2) is 45.9 Å². The molecule has 0 bridgehead atoms. The van der Waals surface area contributed by atoms with Crippen molar-refractivity contribution in [3.63, 3.8) is 0 Å². The Hall–Kier alpha value is -2.85. The Morgan fingerprint density at radius 3 is 2.50 bits per heavy atom. The molecule has 1 N–H and O–H groups in total. The van der Waals surface area contributed by atoms with Gasteiger partial charge in [-0.2, -0.15) is 4.31 Å². The second-order valence-electron chi connectivity index (χ2n) is 7.45. The maximum atomic E-state index is 13.0. The quantitative estimate of drug-likeness (QED) is 0.659. The largest absolute Gasteiger partial charge is 0.360 e. The zero-order valence-electron chi connectivity index (χ0n) is 17.2. The molecule has 30 heavy (non-hydrogen) atoms. The van der Waals surface area contributed by atoms with Crippen molar-refractivity contribution >= 4 is 21.7 Å².